The third-order valence-corrected chi connectivity index (χ3v) is 3.37. The van der Waals surface area contributed by atoms with Gasteiger partial charge < -0.3 is 15.4 Å². The van der Waals surface area contributed by atoms with Crippen LogP contribution in [-0.4, -0.2) is 23.1 Å². The molecule has 0 unspecified atom stereocenters. The number of nitrogens with one attached hydrogen (secondary N) is 2. The molecule has 2 rings (SSSR count). The molecule has 2 amide bonds. The van der Waals surface area contributed by atoms with Gasteiger partial charge in [0, 0.05) is 36.3 Å². The highest BCUT2D eigenvalue weighted by Crippen LogP contribution is 2.23. The van der Waals surface area contributed by atoms with Crippen molar-refractivity contribution in [2.24, 2.45) is 0 Å². The number of carbonyl (C=O) groups is 1. The number of aryl methyl sites for hydroxylation is 1. The van der Waals surface area contributed by atoms with Crippen LogP contribution in [0, 0.1) is 13.8 Å². The molecule has 2 heterocycles. The summed E-state index contributed by atoms with van der Waals surface area (Å²) in [6, 6.07) is 3.48. The Balaban J connectivity index is 1.89. The lowest BCUT2D eigenvalue weighted by Gasteiger charge is -2.13. The van der Waals surface area contributed by atoms with Crippen molar-refractivity contribution in [3.05, 3.63) is 53.1 Å². The molecule has 6 heteroatoms. The van der Waals surface area contributed by atoms with Crippen molar-refractivity contribution < 1.29 is 9.53 Å². The molecule has 0 bridgehead atoms. The van der Waals surface area contributed by atoms with Crippen LogP contribution in [0.25, 0.3) is 0 Å². The van der Waals surface area contributed by atoms with E-state index in [2.05, 4.69) is 20.6 Å². The highest BCUT2D eigenvalue weighted by molar-refractivity contribution is 5.73. The lowest BCUT2D eigenvalue weighted by atomic mass is 10.1. The summed E-state index contributed by atoms with van der Waals surface area (Å²) < 4.78 is 5.35. The van der Waals surface area contributed by atoms with Crippen molar-refractivity contribution in [1.82, 2.24) is 20.6 Å². The van der Waals surface area contributed by atoms with Gasteiger partial charge in [-0.25, -0.2) is 4.79 Å². The van der Waals surface area contributed by atoms with E-state index in [-0.39, 0.29) is 6.03 Å². The van der Waals surface area contributed by atoms with Crippen LogP contribution in [-0.2, 0) is 13.1 Å². The minimum atomic E-state index is -0.238. The van der Waals surface area contributed by atoms with Gasteiger partial charge in [-0.05, 0) is 31.5 Å². The van der Waals surface area contributed by atoms with Crippen molar-refractivity contribution in [2.45, 2.75) is 26.9 Å². The molecule has 0 saturated carbocycles. The van der Waals surface area contributed by atoms with Gasteiger partial charge in [-0.15, -0.1) is 0 Å². The number of rotatable bonds is 5. The monoisotopic (exact) mass is 300 g/mol. The molecule has 0 spiro atoms. The maximum absolute atomic E-state index is 11.8. The number of urea groups is 1. The third kappa shape index (κ3) is 3.94. The van der Waals surface area contributed by atoms with Crippen molar-refractivity contribution in [3.63, 3.8) is 0 Å². The second-order valence-corrected chi connectivity index (χ2v) is 4.94. The fourth-order valence-corrected chi connectivity index (χ4v) is 2.16. The highest BCUT2D eigenvalue weighted by atomic mass is 16.5. The number of pyridine rings is 2. The Kier molecular flexibility index (Phi) is 5.30. The van der Waals surface area contributed by atoms with Gasteiger partial charge in [-0.2, -0.15) is 0 Å². The van der Waals surface area contributed by atoms with Gasteiger partial charge in [0.1, 0.15) is 5.75 Å². The SMILES string of the molecule is COc1c(C)cnc(CNC(=O)NCc2ccncc2)c1C. The number of hydrogen-bond acceptors (Lipinski definition) is 4. The molecule has 0 atom stereocenters. The molecule has 6 nitrogen and oxygen atoms in total. The highest BCUT2D eigenvalue weighted by Gasteiger charge is 2.10. The third-order valence-electron chi connectivity index (χ3n) is 3.37. The number of amides is 2. The van der Waals surface area contributed by atoms with Gasteiger partial charge in [0.2, 0.25) is 0 Å². The van der Waals surface area contributed by atoms with E-state index < -0.39 is 0 Å². The zero-order chi connectivity index (χ0) is 15.9. The maximum atomic E-state index is 11.8. The predicted octanol–water partition coefficient (Wildman–Crippen LogP) is 2.10. The summed E-state index contributed by atoms with van der Waals surface area (Å²) in [6.07, 6.45) is 5.14. The Morgan fingerprint density at radius 2 is 1.86 bits per heavy atom. The van der Waals surface area contributed by atoms with Gasteiger partial charge in [0.15, 0.2) is 0 Å². The van der Waals surface area contributed by atoms with E-state index in [0.29, 0.717) is 13.1 Å². The van der Waals surface area contributed by atoms with Gasteiger partial charge in [-0.3, -0.25) is 9.97 Å². The fourth-order valence-electron chi connectivity index (χ4n) is 2.16. The minimum absolute atomic E-state index is 0.238. The Bertz CT molecular complexity index is 644. The van der Waals surface area contributed by atoms with E-state index in [1.807, 2.05) is 26.0 Å². The van der Waals surface area contributed by atoms with Crippen molar-refractivity contribution in [2.75, 3.05) is 7.11 Å². The standard InChI is InChI=1S/C16H20N4O2/c1-11-8-18-14(12(2)15(11)22-3)10-20-16(21)19-9-13-4-6-17-7-5-13/h4-8H,9-10H2,1-3H3,(H2,19,20,21). The number of nitrogens with zero attached hydrogens (tertiary/aromatic N) is 2. The average molecular weight is 300 g/mol. The van der Waals surface area contributed by atoms with Gasteiger partial charge in [-0.1, -0.05) is 0 Å². The smallest absolute Gasteiger partial charge is 0.315 e. The first-order chi connectivity index (χ1) is 10.6. The minimum Gasteiger partial charge on any atom is -0.496 e. The van der Waals surface area contributed by atoms with Crippen LogP contribution < -0.4 is 15.4 Å². The van der Waals surface area contributed by atoms with E-state index in [9.17, 15) is 4.79 Å². The summed E-state index contributed by atoms with van der Waals surface area (Å²) in [5, 5.41) is 5.59. The Morgan fingerprint density at radius 1 is 1.18 bits per heavy atom. The Labute approximate surface area is 129 Å². The molecule has 22 heavy (non-hydrogen) atoms. The van der Waals surface area contributed by atoms with E-state index in [0.717, 1.165) is 28.1 Å². The first-order valence-corrected chi connectivity index (χ1v) is 7.01. The van der Waals surface area contributed by atoms with E-state index in [1.54, 1.807) is 25.7 Å². The summed E-state index contributed by atoms with van der Waals surface area (Å²) >= 11 is 0. The quantitative estimate of drug-likeness (QED) is 0.886. The molecular weight excluding hydrogens is 280 g/mol. The summed E-state index contributed by atoms with van der Waals surface area (Å²) in [5.74, 6) is 0.809. The zero-order valence-corrected chi connectivity index (χ0v) is 13.0. The first-order valence-electron chi connectivity index (χ1n) is 7.01. The van der Waals surface area contributed by atoms with Crippen LogP contribution in [0.2, 0.25) is 0 Å². The number of hydrogen-bond donors (Lipinski definition) is 2. The Morgan fingerprint density at radius 3 is 2.55 bits per heavy atom. The van der Waals surface area contributed by atoms with Crippen molar-refractivity contribution in [1.29, 1.82) is 0 Å². The van der Waals surface area contributed by atoms with Gasteiger partial charge in [0.05, 0.1) is 19.3 Å². The molecule has 2 aromatic heterocycles. The molecule has 0 aromatic carbocycles. The molecule has 0 aliphatic carbocycles. The molecule has 0 aliphatic heterocycles. The fraction of sp³-hybridized carbons (Fsp3) is 0.312. The van der Waals surface area contributed by atoms with E-state index in [1.165, 1.54) is 0 Å². The second-order valence-electron chi connectivity index (χ2n) is 4.94. The number of ether oxygens (including phenoxy) is 1. The van der Waals surface area contributed by atoms with Crippen LogP contribution in [0.5, 0.6) is 5.75 Å². The number of aromatic nitrogens is 2. The van der Waals surface area contributed by atoms with Crippen LogP contribution >= 0.6 is 0 Å². The first kappa shape index (κ1) is 15.8. The van der Waals surface area contributed by atoms with Crippen LogP contribution in [0.3, 0.4) is 0 Å². The molecule has 0 fully saturated rings. The van der Waals surface area contributed by atoms with E-state index in [4.69, 9.17) is 4.74 Å². The average Bonchev–Trinajstić information content (AvgIpc) is 2.53. The van der Waals surface area contributed by atoms with Crippen LogP contribution in [0.4, 0.5) is 4.79 Å². The van der Waals surface area contributed by atoms with Crippen LogP contribution in [0.15, 0.2) is 30.7 Å². The molecule has 2 aromatic rings. The zero-order valence-electron chi connectivity index (χ0n) is 13.0. The topological polar surface area (TPSA) is 76.1 Å². The molecule has 0 radical (unpaired) electrons. The molecule has 0 saturated heterocycles. The number of carbonyl (C=O) groups excluding carboxylic acids is 1. The summed E-state index contributed by atoms with van der Waals surface area (Å²) in [5.41, 5.74) is 3.71. The maximum Gasteiger partial charge on any atom is 0.315 e. The molecule has 0 aliphatic rings. The predicted molar refractivity (Wildman–Crippen MR) is 83.6 cm³/mol. The molecule has 116 valence electrons. The lowest BCUT2D eigenvalue weighted by Crippen LogP contribution is -2.35. The number of methoxy groups -OCH3 is 1. The second kappa shape index (κ2) is 7.40. The summed E-state index contributed by atoms with van der Waals surface area (Å²) in [4.78, 5) is 20.1. The molecule has 2 N–H and O–H groups in total. The van der Waals surface area contributed by atoms with Crippen molar-refractivity contribution >= 4 is 6.03 Å². The summed E-state index contributed by atoms with van der Waals surface area (Å²) in [6.45, 7) is 4.69. The lowest BCUT2D eigenvalue weighted by molar-refractivity contribution is 0.240. The van der Waals surface area contributed by atoms with Gasteiger partial charge in [0.25, 0.3) is 0 Å². The Hall–Kier alpha value is -2.63. The summed E-state index contributed by atoms with van der Waals surface area (Å²) in [7, 11) is 1.63. The largest absolute Gasteiger partial charge is 0.496 e. The normalized spacial score (nSPS) is 10.1. The van der Waals surface area contributed by atoms with Crippen molar-refractivity contribution in [3.8, 4) is 5.75 Å². The molecular formula is C16H20N4O2. The van der Waals surface area contributed by atoms with Gasteiger partial charge >= 0.3 is 6.03 Å². The van der Waals surface area contributed by atoms with E-state index >= 15 is 0 Å². The van der Waals surface area contributed by atoms with Crippen LogP contribution in [0.1, 0.15) is 22.4 Å².